The zero-order valence-electron chi connectivity index (χ0n) is 22.6. The largest absolute Gasteiger partial charge is 0.388 e. The van der Waals surface area contributed by atoms with Crippen molar-refractivity contribution in [1.29, 1.82) is 0 Å². The van der Waals surface area contributed by atoms with E-state index in [2.05, 4.69) is 20.3 Å². The summed E-state index contributed by atoms with van der Waals surface area (Å²) in [5.74, 6) is 0. The molecule has 0 radical (unpaired) electrons. The summed E-state index contributed by atoms with van der Waals surface area (Å²) in [6.45, 7) is -0.199. The zero-order valence-corrected chi connectivity index (χ0v) is 22.6. The summed E-state index contributed by atoms with van der Waals surface area (Å²) >= 11 is 0. The van der Waals surface area contributed by atoms with E-state index in [9.17, 15) is 25.4 Å². The second-order valence-electron chi connectivity index (χ2n) is 10.2. The Morgan fingerprint density at radius 1 is 0.791 bits per heavy atom. The van der Waals surface area contributed by atoms with Gasteiger partial charge in [0.2, 0.25) is 5.52 Å². The number of anilines is 1. The van der Waals surface area contributed by atoms with Gasteiger partial charge in [-0.3, -0.25) is 10.1 Å². The molecule has 0 amide bonds. The van der Waals surface area contributed by atoms with Crippen molar-refractivity contribution >= 4 is 22.4 Å². The van der Waals surface area contributed by atoms with Crippen molar-refractivity contribution in [3.63, 3.8) is 0 Å². The summed E-state index contributed by atoms with van der Waals surface area (Å²) < 4.78 is 17.2. The number of nitrogens with zero attached hydrogens (tertiary/aromatic N) is 3. The minimum atomic E-state index is -1.60. The van der Waals surface area contributed by atoms with Crippen LogP contribution in [-0.4, -0.2) is 67.8 Å². The third kappa shape index (κ3) is 5.22. The summed E-state index contributed by atoms with van der Waals surface area (Å²) in [6.07, 6.45) is -5.73. The highest BCUT2D eigenvalue weighted by Gasteiger charge is 2.46. The van der Waals surface area contributed by atoms with Gasteiger partial charge in [0.25, 0.3) is 0 Å². The number of fused-ring (bicyclic) bond motifs is 1. The van der Waals surface area contributed by atoms with Crippen LogP contribution in [-0.2, 0) is 15.1 Å². The molecule has 1 aliphatic rings. The number of benzene rings is 4. The minimum Gasteiger partial charge on any atom is -0.388 e. The molecule has 0 bridgehead atoms. The van der Waals surface area contributed by atoms with Crippen LogP contribution in [0.1, 0.15) is 16.7 Å². The molecule has 1 fully saturated rings. The fourth-order valence-electron chi connectivity index (χ4n) is 5.51. The number of non-ortho nitro benzene ring substituents is 1. The van der Waals surface area contributed by atoms with Gasteiger partial charge in [-0.15, -0.1) is 0 Å². The summed E-state index contributed by atoms with van der Waals surface area (Å²) in [4.78, 5) is 10.7. The fraction of sp³-hybridized carbons (Fsp3) is 0.226. The lowest BCUT2D eigenvalue weighted by Crippen LogP contribution is -2.61. The molecule has 12 heteroatoms. The van der Waals surface area contributed by atoms with E-state index in [1.54, 1.807) is 0 Å². The molecular weight excluding hydrogens is 556 g/mol. The molecule has 12 nitrogen and oxygen atoms in total. The maximum absolute atomic E-state index is 11.3. The maximum atomic E-state index is 11.3. The Hall–Kier alpha value is -4.72. The number of rotatable bonds is 9. The van der Waals surface area contributed by atoms with Crippen molar-refractivity contribution in [2.75, 3.05) is 11.9 Å². The quantitative estimate of drug-likeness (QED) is 0.114. The van der Waals surface area contributed by atoms with Gasteiger partial charge in [0.05, 0.1) is 17.2 Å². The van der Waals surface area contributed by atoms with Crippen LogP contribution in [0.25, 0.3) is 11.0 Å². The van der Waals surface area contributed by atoms with E-state index in [0.29, 0.717) is 0 Å². The van der Waals surface area contributed by atoms with Crippen molar-refractivity contribution in [3.05, 3.63) is 130 Å². The Morgan fingerprint density at radius 3 is 1.86 bits per heavy atom. The first kappa shape index (κ1) is 28.4. The van der Waals surface area contributed by atoms with Gasteiger partial charge in [0, 0.05) is 6.07 Å². The number of nitro groups is 1. The minimum absolute atomic E-state index is 0.0203. The van der Waals surface area contributed by atoms with Crippen molar-refractivity contribution in [2.24, 2.45) is 0 Å². The van der Waals surface area contributed by atoms with E-state index in [4.69, 9.17) is 9.47 Å². The molecule has 1 saturated heterocycles. The molecule has 1 aromatic heterocycles. The van der Waals surface area contributed by atoms with Crippen LogP contribution in [0, 0.1) is 10.1 Å². The number of nitro benzene ring substituents is 1. The van der Waals surface area contributed by atoms with Gasteiger partial charge >= 0.3 is 5.69 Å². The second-order valence-corrected chi connectivity index (χ2v) is 10.2. The molecule has 1 aliphatic heterocycles. The second kappa shape index (κ2) is 11.9. The molecule has 0 saturated carbocycles. The summed E-state index contributed by atoms with van der Waals surface area (Å²) in [5, 5.41) is 54.7. The number of ether oxygens (including phenoxy) is 2. The van der Waals surface area contributed by atoms with Crippen LogP contribution in [0.4, 0.5) is 11.4 Å². The average molecular weight is 585 g/mol. The lowest BCUT2D eigenvalue weighted by molar-refractivity contribution is -0.383. The third-order valence-electron chi connectivity index (χ3n) is 7.64. The molecule has 220 valence electrons. The Bertz CT molecular complexity index is 1590. The third-order valence-corrected chi connectivity index (χ3v) is 7.64. The SMILES string of the molecule is O=[N+]([O-])c1ccc(NC2C(O)OC(COC(c3ccccc3)(c3ccccc3)c3ccccc3)[C@H](O)[C@H]2O)c2nonc12. The van der Waals surface area contributed by atoms with Crippen LogP contribution in [0.5, 0.6) is 0 Å². The number of aliphatic hydroxyl groups is 3. The molecule has 4 aromatic carbocycles. The molecule has 2 heterocycles. The highest BCUT2D eigenvalue weighted by molar-refractivity contribution is 5.93. The van der Waals surface area contributed by atoms with E-state index in [1.165, 1.54) is 12.1 Å². The standard InChI is InChI=1S/C31H28N4O8/c36-28-24(42-30(38)27(29(28)37)32-22-16-17-23(35(39)40)26-25(22)33-43-34-26)18-41-31(19-10-4-1-5-11-19,20-12-6-2-7-13-20)21-14-8-3-9-15-21/h1-17,24,27-30,32,36-38H,18H2/t24?,27?,28-,29-,30?/m0/s1. The van der Waals surface area contributed by atoms with Crippen LogP contribution in [0.2, 0.25) is 0 Å². The Labute approximate surface area is 245 Å². The predicted octanol–water partition coefficient (Wildman–Crippen LogP) is 3.36. The van der Waals surface area contributed by atoms with E-state index in [0.717, 1.165) is 16.7 Å². The molecular formula is C31H28N4O8. The molecule has 3 unspecified atom stereocenters. The first-order chi connectivity index (χ1) is 20.9. The van der Waals surface area contributed by atoms with Crippen LogP contribution in [0.15, 0.2) is 108 Å². The molecule has 43 heavy (non-hydrogen) atoms. The smallest absolute Gasteiger partial charge is 0.300 e. The maximum Gasteiger partial charge on any atom is 0.300 e. The predicted molar refractivity (Wildman–Crippen MR) is 154 cm³/mol. The number of hydrogen-bond acceptors (Lipinski definition) is 11. The first-order valence-electron chi connectivity index (χ1n) is 13.6. The molecule has 5 aromatic rings. The Morgan fingerprint density at radius 2 is 1.33 bits per heavy atom. The normalized spacial score (nSPS) is 22.3. The summed E-state index contributed by atoms with van der Waals surface area (Å²) in [7, 11) is 0. The molecule has 5 atom stereocenters. The highest BCUT2D eigenvalue weighted by Crippen LogP contribution is 2.41. The zero-order chi connectivity index (χ0) is 30.0. The van der Waals surface area contributed by atoms with Crippen LogP contribution < -0.4 is 5.32 Å². The number of hydrogen-bond donors (Lipinski definition) is 4. The Balaban J connectivity index is 1.28. The summed E-state index contributed by atoms with van der Waals surface area (Å²) in [6, 6.07) is 30.2. The van der Waals surface area contributed by atoms with Crippen LogP contribution >= 0.6 is 0 Å². The van der Waals surface area contributed by atoms with Gasteiger partial charge in [-0.05, 0) is 33.1 Å². The van der Waals surface area contributed by atoms with Gasteiger partial charge in [-0.1, -0.05) is 91.0 Å². The molecule has 0 spiro atoms. The van der Waals surface area contributed by atoms with Crippen LogP contribution in [0.3, 0.4) is 0 Å². The van der Waals surface area contributed by atoms with Crippen molar-refractivity contribution in [1.82, 2.24) is 10.3 Å². The number of nitrogens with one attached hydrogen (secondary N) is 1. The van der Waals surface area contributed by atoms with E-state index in [1.807, 2.05) is 91.0 Å². The molecule has 0 aliphatic carbocycles. The first-order valence-corrected chi connectivity index (χ1v) is 13.6. The van der Waals surface area contributed by atoms with Crippen molar-refractivity contribution in [3.8, 4) is 0 Å². The average Bonchev–Trinajstić information content (AvgIpc) is 3.54. The van der Waals surface area contributed by atoms with E-state index in [-0.39, 0.29) is 29.0 Å². The van der Waals surface area contributed by atoms with Gasteiger partial charge < -0.3 is 30.1 Å². The highest BCUT2D eigenvalue weighted by atomic mass is 16.6. The van der Waals surface area contributed by atoms with Crippen molar-refractivity contribution in [2.45, 2.75) is 36.2 Å². The topological polar surface area (TPSA) is 173 Å². The lowest BCUT2D eigenvalue weighted by Gasteiger charge is -2.43. The van der Waals surface area contributed by atoms with Gasteiger partial charge in [-0.25, -0.2) is 4.63 Å². The number of aromatic nitrogens is 2. The van der Waals surface area contributed by atoms with E-state index < -0.39 is 41.2 Å². The molecule has 6 rings (SSSR count). The lowest BCUT2D eigenvalue weighted by atomic mass is 9.80. The number of aliphatic hydroxyl groups excluding tert-OH is 3. The summed E-state index contributed by atoms with van der Waals surface area (Å²) in [5.41, 5.74) is 1.17. The van der Waals surface area contributed by atoms with E-state index >= 15 is 0 Å². The Kier molecular flexibility index (Phi) is 7.84. The molecule has 4 N–H and O–H groups in total. The van der Waals surface area contributed by atoms with Gasteiger partial charge in [0.15, 0.2) is 11.8 Å². The van der Waals surface area contributed by atoms with Gasteiger partial charge in [-0.2, -0.15) is 0 Å². The van der Waals surface area contributed by atoms with Gasteiger partial charge in [0.1, 0.15) is 30.0 Å². The van der Waals surface area contributed by atoms with Crippen molar-refractivity contribution < 1.29 is 34.3 Å². The fourth-order valence-corrected chi connectivity index (χ4v) is 5.51. The monoisotopic (exact) mass is 584 g/mol.